The number of piperazine rings is 1. The molecule has 0 aromatic heterocycles. The highest BCUT2D eigenvalue weighted by Gasteiger charge is 2.32. The summed E-state index contributed by atoms with van der Waals surface area (Å²) in [5.41, 5.74) is 0.486. The van der Waals surface area contributed by atoms with Gasteiger partial charge in [-0.1, -0.05) is 12.1 Å². The molecule has 0 saturated carbocycles. The van der Waals surface area contributed by atoms with Crippen molar-refractivity contribution >= 4 is 23.8 Å². The van der Waals surface area contributed by atoms with Crippen molar-refractivity contribution in [2.75, 3.05) is 33.3 Å². The lowest BCUT2D eigenvalue weighted by molar-refractivity contribution is -0.134. The summed E-state index contributed by atoms with van der Waals surface area (Å²) in [5, 5.41) is 4.68. The number of para-hydroxylation sites is 1. The highest BCUT2D eigenvalue weighted by atomic mass is 16.5. The maximum absolute atomic E-state index is 12.7. The summed E-state index contributed by atoms with van der Waals surface area (Å²) in [7, 11) is 1.52. The second-order valence-electron chi connectivity index (χ2n) is 6.43. The van der Waals surface area contributed by atoms with Crippen LogP contribution in [0.15, 0.2) is 24.3 Å². The van der Waals surface area contributed by atoms with Crippen LogP contribution in [0, 0.1) is 0 Å². The fourth-order valence-electron chi connectivity index (χ4n) is 3.26. The molecular formula is C18H22N4O5. The molecule has 5 amide bonds. The number of benzene rings is 1. The lowest BCUT2D eigenvalue weighted by atomic mass is 10.1. The Morgan fingerprint density at radius 3 is 2.44 bits per heavy atom. The molecule has 9 nitrogen and oxygen atoms in total. The molecule has 2 saturated heterocycles. The van der Waals surface area contributed by atoms with E-state index < -0.39 is 18.0 Å². The van der Waals surface area contributed by atoms with E-state index >= 15 is 0 Å². The number of rotatable bonds is 3. The van der Waals surface area contributed by atoms with Crippen molar-refractivity contribution < 1.29 is 23.9 Å². The van der Waals surface area contributed by atoms with Crippen molar-refractivity contribution in [3.63, 3.8) is 0 Å². The number of methoxy groups -OCH3 is 1. The van der Waals surface area contributed by atoms with Crippen LogP contribution in [-0.2, 0) is 9.59 Å². The maximum Gasteiger partial charge on any atom is 0.322 e. The van der Waals surface area contributed by atoms with Crippen LogP contribution < -0.4 is 15.4 Å². The van der Waals surface area contributed by atoms with Crippen LogP contribution in [-0.4, -0.2) is 72.9 Å². The third-order valence-electron chi connectivity index (χ3n) is 4.73. The van der Waals surface area contributed by atoms with E-state index in [2.05, 4.69) is 10.6 Å². The third-order valence-corrected chi connectivity index (χ3v) is 4.73. The van der Waals surface area contributed by atoms with Crippen molar-refractivity contribution in [3.8, 4) is 5.75 Å². The Morgan fingerprint density at radius 2 is 1.74 bits per heavy atom. The number of hydrogen-bond acceptors (Lipinski definition) is 5. The van der Waals surface area contributed by atoms with E-state index in [1.165, 1.54) is 7.11 Å². The Hall–Kier alpha value is -3.10. The summed E-state index contributed by atoms with van der Waals surface area (Å²) < 4.78 is 5.24. The molecule has 144 valence electrons. The van der Waals surface area contributed by atoms with Gasteiger partial charge in [0, 0.05) is 32.6 Å². The quantitative estimate of drug-likeness (QED) is 0.772. The summed E-state index contributed by atoms with van der Waals surface area (Å²) >= 11 is 0. The largest absolute Gasteiger partial charge is 0.496 e. The smallest absolute Gasteiger partial charge is 0.322 e. The van der Waals surface area contributed by atoms with Crippen LogP contribution in [0.2, 0.25) is 0 Å². The first-order chi connectivity index (χ1) is 13.0. The zero-order chi connectivity index (χ0) is 19.4. The van der Waals surface area contributed by atoms with E-state index in [1.54, 1.807) is 34.1 Å². The van der Waals surface area contributed by atoms with E-state index in [4.69, 9.17) is 4.74 Å². The summed E-state index contributed by atoms with van der Waals surface area (Å²) in [6.07, 6.45) is 0.373. The van der Waals surface area contributed by atoms with E-state index in [-0.39, 0.29) is 24.7 Å². The molecule has 1 aromatic carbocycles. The van der Waals surface area contributed by atoms with Crippen LogP contribution in [0.3, 0.4) is 0 Å². The molecular weight excluding hydrogens is 352 g/mol. The Bertz CT molecular complexity index is 758. The monoisotopic (exact) mass is 374 g/mol. The van der Waals surface area contributed by atoms with Crippen molar-refractivity contribution in [2.45, 2.75) is 18.9 Å². The average Bonchev–Trinajstić information content (AvgIpc) is 2.87. The molecule has 2 aliphatic heterocycles. The van der Waals surface area contributed by atoms with Crippen LogP contribution in [0.4, 0.5) is 4.79 Å². The minimum atomic E-state index is -0.729. The Morgan fingerprint density at radius 1 is 1.07 bits per heavy atom. The number of imide groups is 1. The van der Waals surface area contributed by atoms with Crippen molar-refractivity contribution in [2.24, 2.45) is 0 Å². The number of amides is 5. The molecule has 2 fully saturated rings. The minimum absolute atomic E-state index is 0.112. The summed E-state index contributed by atoms with van der Waals surface area (Å²) in [5.74, 6) is -0.254. The van der Waals surface area contributed by atoms with E-state index in [1.807, 2.05) is 0 Å². The molecule has 9 heteroatoms. The van der Waals surface area contributed by atoms with Gasteiger partial charge >= 0.3 is 6.03 Å². The number of urea groups is 1. The van der Waals surface area contributed by atoms with Crippen LogP contribution >= 0.6 is 0 Å². The number of nitrogens with one attached hydrogen (secondary N) is 2. The second-order valence-corrected chi connectivity index (χ2v) is 6.43. The van der Waals surface area contributed by atoms with Crippen LogP contribution in [0.1, 0.15) is 23.2 Å². The fourth-order valence-corrected chi connectivity index (χ4v) is 3.26. The molecule has 2 heterocycles. The summed E-state index contributed by atoms with van der Waals surface area (Å²) in [6, 6.07) is 5.64. The van der Waals surface area contributed by atoms with Gasteiger partial charge in [-0.2, -0.15) is 0 Å². The molecule has 0 radical (unpaired) electrons. The first-order valence-electron chi connectivity index (χ1n) is 8.81. The maximum atomic E-state index is 12.7. The van der Waals surface area contributed by atoms with Gasteiger partial charge in [-0.25, -0.2) is 4.79 Å². The SMILES string of the molecule is COc1ccccc1C(=O)N1CCN(C(=O)[C@H]2CCC(=O)NC(=O)N2)CC1. The molecule has 2 N–H and O–H groups in total. The van der Waals surface area contributed by atoms with E-state index in [0.717, 1.165) is 0 Å². The second kappa shape index (κ2) is 8.07. The Labute approximate surface area is 156 Å². The lowest BCUT2D eigenvalue weighted by Gasteiger charge is -2.36. The van der Waals surface area contributed by atoms with Gasteiger partial charge in [-0.05, 0) is 18.6 Å². The number of carbonyl (C=O) groups is 4. The molecule has 1 aromatic rings. The highest BCUT2D eigenvalue weighted by Crippen LogP contribution is 2.20. The minimum Gasteiger partial charge on any atom is -0.496 e. The predicted molar refractivity (Wildman–Crippen MR) is 95.2 cm³/mol. The Kier molecular flexibility index (Phi) is 5.58. The van der Waals surface area contributed by atoms with Gasteiger partial charge < -0.3 is 19.9 Å². The third kappa shape index (κ3) is 4.18. The fraction of sp³-hybridized carbons (Fsp3) is 0.444. The lowest BCUT2D eigenvalue weighted by Crippen LogP contribution is -2.56. The van der Waals surface area contributed by atoms with E-state index in [0.29, 0.717) is 37.5 Å². The zero-order valence-electron chi connectivity index (χ0n) is 15.1. The van der Waals surface area contributed by atoms with Gasteiger partial charge in [-0.15, -0.1) is 0 Å². The number of ether oxygens (including phenoxy) is 1. The van der Waals surface area contributed by atoms with E-state index in [9.17, 15) is 19.2 Å². The number of carbonyl (C=O) groups excluding carboxylic acids is 4. The molecule has 0 bridgehead atoms. The summed E-state index contributed by atoms with van der Waals surface area (Å²) in [6.45, 7) is 1.52. The molecule has 3 rings (SSSR count). The van der Waals surface area contributed by atoms with Crippen LogP contribution in [0.25, 0.3) is 0 Å². The van der Waals surface area contributed by atoms with Gasteiger partial charge in [0.05, 0.1) is 12.7 Å². The van der Waals surface area contributed by atoms with Gasteiger partial charge in [0.25, 0.3) is 5.91 Å². The normalized spacial score (nSPS) is 20.4. The number of nitrogens with zero attached hydrogens (tertiary/aromatic N) is 2. The molecule has 1 atom stereocenters. The van der Waals surface area contributed by atoms with Crippen LogP contribution in [0.5, 0.6) is 5.75 Å². The topological polar surface area (TPSA) is 108 Å². The standard InChI is InChI=1S/C18H22N4O5/c1-27-14-5-3-2-4-12(14)16(24)21-8-10-22(11-9-21)17(25)13-6-7-15(23)20-18(26)19-13/h2-5,13H,6-11H2,1H3,(H2,19,20,23,26)/t13-/m1/s1. The van der Waals surface area contributed by atoms with Gasteiger partial charge in [-0.3, -0.25) is 19.7 Å². The molecule has 27 heavy (non-hydrogen) atoms. The highest BCUT2D eigenvalue weighted by molar-refractivity contribution is 5.99. The number of hydrogen-bond donors (Lipinski definition) is 2. The van der Waals surface area contributed by atoms with Gasteiger partial charge in [0.1, 0.15) is 11.8 Å². The van der Waals surface area contributed by atoms with Crippen molar-refractivity contribution in [1.29, 1.82) is 0 Å². The molecule has 0 unspecified atom stereocenters. The first-order valence-corrected chi connectivity index (χ1v) is 8.81. The summed E-state index contributed by atoms with van der Waals surface area (Å²) in [4.78, 5) is 51.6. The predicted octanol–water partition coefficient (Wildman–Crippen LogP) is -0.0322. The molecule has 0 spiro atoms. The average molecular weight is 374 g/mol. The van der Waals surface area contributed by atoms with Crippen molar-refractivity contribution in [3.05, 3.63) is 29.8 Å². The van der Waals surface area contributed by atoms with Crippen molar-refractivity contribution in [1.82, 2.24) is 20.4 Å². The zero-order valence-corrected chi connectivity index (χ0v) is 15.1. The van der Waals surface area contributed by atoms with Gasteiger partial charge in [0.2, 0.25) is 11.8 Å². The molecule has 0 aliphatic carbocycles. The Balaban J connectivity index is 1.60. The molecule has 2 aliphatic rings. The van der Waals surface area contributed by atoms with Gasteiger partial charge in [0.15, 0.2) is 0 Å². The first kappa shape index (κ1) is 18.7.